The molecular formula is C38H39NO5. The summed E-state index contributed by atoms with van der Waals surface area (Å²) in [6.07, 6.45) is 0.542. The van der Waals surface area contributed by atoms with Gasteiger partial charge in [0.05, 0.1) is 18.7 Å². The number of rotatable bonds is 9. The molecule has 1 atom stereocenters. The summed E-state index contributed by atoms with van der Waals surface area (Å²) in [5, 5.41) is 11.6. The van der Waals surface area contributed by atoms with Crippen LogP contribution in [-0.2, 0) is 28.0 Å². The van der Waals surface area contributed by atoms with Gasteiger partial charge < -0.3 is 19.5 Å². The molecular weight excluding hydrogens is 550 g/mol. The largest absolute Gasteiger partial charge is 0.507 e. The first-order valence-electron chi connectivity index (χ1n) is 14.9. The summed E-state index contributed by atoms with van der Waals surface area (Å²) in [6.45, 7) is 9.03. The zero-order valence-electron chi connectivity index (χ0n) is 26.0. The zero-order valence-corrected chi connectivity index (χ0v) is 26.0. The molecule has 0 saturated carbocycles. The number of ketones is 1. The Kier molecular flexibility index (Phi) is 8.91. The van der Waals surface area contributed by atoms with Gasteiger partial charge in [0.2, 0.25) is 0 Å². The van der Waals surface area contributed by atoms with E-state index in [2.05, 4.69) is 20.8 Å². The van der Waals surface area contributed by atoms with Crippen LogP contribution in [0.3, 0.4) is 0 Å². The molecule has 4 aromatic rings. The van der Waals surface area contributed by atoms with E-state index >= 15 is 0 Å². The maximum atomic E-state index is 13.6. The van der Waals surface area contributed by atoms with Gasteiger partial charge in [0.25, 0.3) is 11.7 Å². The Hall–Kier alpha value is -4.84. The number of hydrogen-bond donors (Lipinski definition) is 1. The first-order valence-corrected chi connectivity index (χ1v) is 14.9. The van der Waals surface area contributed by atoms with Gasteiger partial charge in [-0.25, -0.2) is 0 Å². The number of hydrogen-bond acceptors (Lipinski definition) is 5. The molecule has 1 aliphatic rings. The number of Topliss-reactive ketones (excluding diaryl/α,β-unsaturated/α-hetero) is 1. The molecule has 226 valence electrons. The molecule has 1 amide bonds. The average Bonchev–Trinajstić information content (AvgIpc) is 3.28. The van der Waals surface area contributed by atoms with E-state index in [0.717, 1.165) is 33.6 Å². The van der Waals surface area contributed by atoms with E-state index in [9.17, 15) is 14.7 Å². The molecule has 1 heterocycles. The first kappa shape index (κ1) is 30.6. The van der Waals surface area contributed by atoms with Crippen molar-refractivity contribution in [3.63, 3.8) is 0 Å². The van der Waals surface area contributed by atoms with Crippen molar-refractivity contribution in [2.24, 2.45) is 0 Å². The molecule has 1 unspecified atom stereocenters. The summed E-state index contributed by atoms with van der Waals surface area (Å²) in [5.74, 6) is -0.0776. The van der Waals surface area contributed by atoms with Crippen LogP contribution >= 0.6 is 0 Å². The summed E-state index contributed by atoms with van der Waals surface area (Å²) in [5.41, 5.74) is 5.26. The van der Waals surface area contributed by atoms with E-state index in [4.69, 9.17) is 9.47 Å². The Morgan fingerprint density at radius 2 is 1.55 bits per heavy atom. The van der Waals surface area contributed by atoms with Gasteiger partial charge in [-0.1, -0.05) is 87.5 Å². The van der Waals surface area contributed by atoms with E-state index in [0.29, 0.717) is 30.9 Å². The first-order chi connectivity index (χ1) is 21.1. The highest BCUT2D eigenvalue weighted by molar-refractivity contribution is 6.46. The van der Waals surface area contributed by atoms with E-state index in [1.165, 1.54) is 0 Å². The van der Waals surface area contributed by atoms with Crippen LogP contribution in [0.1, 0.15) is 60.2 Å². The van der Waals surface area contributed by atoms with Crippen LogP contribution in [-0.4, -0.2) is 35.4 Å². The van der Waals surface area contributed by atoms with Crippen LogP contribution in [0.25, 0.3) is 5.76 Å². The number of benzene rings is 4. The second kappa shape index (κ2) is 12.8. The molecule has 0 aromatic heterocycles. The van der Waals surface area contributed by atoms with Crippen molar-refractivity contribution in [3.8, 4) is 11.5 Å². The molecule has 6 nitrogen and oxygen atoms in total. The normalized spacial score (nSPS) is 16.3. The standard InChI is InChI=1S/C38H39NO5/c1-25-23-29(15-20-32(25)44-24-27-9-7-6-8-10-27)35(40)33-34(28-13-16-30(17-14-28)38(2,3)4)39(37(42)36(33)41)22-21-26-11-18-31(43-5)19-12-26/h6-20,23,34,40H,21-22,24H2,1-5H3/b35-33-. The molecule has 1 fully saturated rings. The molecule has 1 saturated heterocycles. The molecule has 5 rings (SSSR count). The van der Waals surface area contributed by atoms with Gasteiger partial charge in [-0.3, -0.25) is 9.59 Å². The highest BCUT2D eigenvalue weighted by Crippen LogP contribution is 2.40. The number of aryl methyl sites for hydroxylation is 1. The topological polar surface area (TPSA) is 76.1 Å². The number of carbonyl (C=O) groups is 2. The maximum absolute atomic E-state index is 13.6. The highest BCUT2D eigenvalue weighted by atomic mass is 16.5. The van der Waals surface area contributed by atoms with E-state index in [1.54, 1.807) is 30.2 Å². The van der Waals surface area contributed by atoms with Gasteiger partial charge in [0, 0.05) is 12.1 Å². The van der Waals surface area contributed by atoms with Crippen LogP contribution in [0.5, 0.6) is 11.5 Å². The molecule has 6 heteroatoms. The molecule has 4 aromatic carbocycles. The number of likely N-dealkylation sites (tertiary alicyclic amines) is 1. The van der Waals surface area contributed by atoms with Gasteiger partial charge in [-0.2, -0.15) is 0 Å². The Bertz CT molecular complexity index is 1670. The summed E-state index contributed by atoms with van der Waals surface area (Å²) >= 11 is 0. The van der Waals surface area contributed by atoms with Gasteiger partial charge >= 0.3 is 0 Å². The van der Waals surface area contributed by atoms with Gasteiger partial charge in [-0.15, -0.1) is 0 Å². The van der Waals surface area contributed by atoms with E-state index in [-0.39, 0.29) is 16.7 Å². The van der Waals surface area contributed by atoms with Gasteiger partial charge in [0.1, 0.15) is 23.9 Å². The number of ether oxygens (including phenoxy) is 2. The Labute approximate surface area is 259 Å². The summed E-state index contributed by atoms with van der Waals surface area (Å²) in [7, 11) is 1.62. The molecule has 1 N–H and O–H groups in total. The minimum atomic E-state index is -0.725. The molecule has 1 aliphatic heterocycles. The van der Waals surface area contributed by atoms with Crippen LogP contribution in [0.2, 0.25) is 0 Å². The fourth-order valence-corrected chi connectivity index (χ4v) is 5.51. The van der Waals surface area contributed by atoms with Crippen molar-refractivity contribution in [3.05, 3.63) is 136 Å². The lowest BCUT2D eigenvalue weighted by Gasteiger charge is -2.26. The van der Waals surface area contributed by atoms with Crippen molar-refractivity contribution >= 4 is 17.4 Å². The quantitative estimate of drug-likeness (QED) is 0.124. The predicted molar refractivity (Wildman–Crippen MR) is 173 cm³/mol. The van der Waals surface area contributed by atoms with Crippen molar-refractivity contribution in [2.45, 2.75) is 52.2 Å². The van der Waals surface area contributed by atoms with Gasteiger partial charge in [-0.05, 0) is 76.9 Å². The third kappa shape index (κ3) is 6.55. The van der Waals surface area contributed by atoms with Crippen LogP contribution in [0.15, 0.2) is 103 Å². The molecule has 44 heavy (non-hydrogen) atoms. The molecule has 0 radical (unpaired) electrons. The lowest BCUT2D eigenvalue weighted by Crippen LogP contribution is -2.31. The lowest BCUT2D eigenvalue weighted by atomic mass is 9.85. The molecule has 0 spiro atoms. The maximum Gasteiger partial charge on any atom is 0.295 e. The lowest BCUT2D eigenvalue weighted by molar-refractivity contribution is -0.139. The molecule has 0 aliphatic carbocycles. The zero-order chi connectivity index (χ0) is 31.4. The van der Waals surface area contributed by atoms with Crippen LogP contribution < -0.4 is 9.47 Å². The SMILES string of the molecule is COc1ccc(CCN2C(=O)C(=O)/C(=C(\O)c3ccc(OCc4ccccc4)c(C)c3)C2c2ccc(C(C)(C)C)cc2)cc1. The van der Waals surface area contributed by atoms with E-state index in [1.807, 2.05) is 85.8 Å². The number of carbonyl (C=O) groups excluding carboxylic acids is 2. The van der Waals surface area contributed by atoms with Crippen molar-refractivity contribution in [1.29, 1.82) is 0 Å². The minimum absolute atomic E-state index is 0.0590. The summed E-state index contributed by atoms with van der Waals surface area (Å²) in [4.78, 5) is 28.7. The van der Waals surface area contributed by atoms with Crippen molar-refractivity contribution in [2.75, 3.05) is 13.7 Å². The van der Waals surface area contributed by atoms with Crippen LogP contribution in [0, 0.1) is 6.92 Å². The Morgan fingerprint density at radius 3 is 2.16 bits per heavy atom. The molecule has 0 bridgehead atoms. The third-order valence-corrected chi connectivity index (χ3v) is 8.12. The summed E-state index contributed by atoms with van der Waals surface area (Å²) < 4.78 is 11.3. The second-order valence-electron chi connectivity index (χ2n) is 12.2. The minimum Gasteiger partial charge on any atom is -0.507 e. The van der Waals surface area contributed by atoms with Crippen molar-refractivity contribution < 1.29 is 24.2 Å². The fourth-order valence-electron chi connectivity index (χ4n) is 5.51. The Morgan fingerprint density at radius 1 is 0.864 bits per heavy atom. The number of amides is 1. The van der Waals surface area contributed by atoms with Crippen LogP contribution in [0.4, 0.5) is 0 Å². The van der Waals surface area contributed by atoms with Crippen molar-refractivity contribution in [1.82, 2.24) is 4.90 Å². The predicted octanol–water partition coefficient (Wildman–Crippen LogP) is 7.54. The second-order valence-corrected chi connectivity index (χ2v) is 12.2. The monoisotopic (exact) mass is 589 g/mol. The number of aliphatic hydroxyl groups is 1. The highest BCUT2D eigenvalue weighted by Gasteiger charge is 2.46. The number of aliphatic hydroxyl groups excluding tert-OH is 1. The third-order valence-electron chi connectivity index (χ3n) is 8.12. The fraction of sp³-hybridized carbons (Fsp3) is 0.263. The average molecular weight is 590 g/mol. The number of nitrogens with zero attached hydrogens (tertiary/aromatic N) is 1. The van der Waals surface area contributed by atoms with E-state index < -0.39 is 17.7 Å². The smallest absolute Gasteiger partial charge is 0.295 e. The summed E-state index contributed by atoms with van der Waals surface area (Å²) in [6, 6.07) is 30.1. The van der Waals surface area contributed by atoms with Gasteiger partial charge in [0.15, 0.2) is 0 Å². The Balaban J connectivity index is 1.49. The number of methoxy groups -OCH3 is 1.